The third kappa shape index (κ3) is 12.1. The van der Waals surface area contributed by atoms with Gasteiger partial charge < -0.3 is 29.7 Å². The number of rotatable bonds is 9. The predicted molar refractivity (Wildman–Crippen MR) is 132 cm³/mol. The summed E-state index contributed by atoms with van der Waals surface area (Å²) in [6, 6.07) is 7.13. The van der Waals surface area contributed by atoms with Crippen molar-refractivity contribution in [3.63, 3.8) is 0 Å². The van der Waals surface area contributed by atoms with Crippen LogP contribution in [0.3, 0.4) is 0 Å². The molecule has 196 valence electrons. The van der Waals surface area contributed by atoms with Crippen molar-refractivity contribution in [3.05, 3.63) is 29.8 Å². The molecule has 0 radical (unpaired) electrons. The molecular formula is C25H39N3O7. The number of esters is 1. The number of benzene rings is 1. The molecule has 0 aliphatic carbocycles. The van der Waals surface area contributed by atoms with E-state index in [9.17, 15) is 19.2 Å². The summed E-state index contributed by atoms with van der Waals surface area (Å²) in [7, 11) is 1.35. The summed E-state index contributed by atoms with van der Waals surface area (Å²) in [5.74, 6) is -0.996. The van der Waals surface area contributed by atoms with Crippen molar-refractivity contribution in [3.8, 4) is 0 Å². The van der Waals surface area contributed by atoms with Crippen molar-refractivity contribution in [2.45, 2.75) is 66.1 Å². The maximum absolute atomic E-state index is 13.0. The van der Waals surface area contributed by atoms with Crippen molar-refractivity contribution in [2.24, 2.45) is 5.92 Å². The lowest BCUT2D eigenvalue weighted by Gasteiger charge is -2.25. The molecule has 0 aromatic heterocycles. The molecule has 1 aromatic carbocycles. The molecule has 0 spiro atoms. The van der Waals surface area contributed by atoms with E-state index in [0.717, 1.165) is 5.56 Å². The highest BCUT2D eigenvalue weighted by atomic mass is 16.6. The molecular weight excluding hydrogens is 454 g/mol. The number of amides is 3. The topological polar surface area (TPSA) is 123 Å². The summed E-state index contributed by atoms with van der Waals surface area (Å²) in [5, 5.41) is 5.09. The zero-order chi connectivity index (χ0) is 26.8. The fourth-order valence-corrected chi connectivity index (χ4v) is 2.99. The molecule has 0 unspecified atom stereocenters. The Morgan fingerprint density at radius 1 is 0.886 bits per heavy atom. The van der Waals surface area contributed by atoms with E-state index in [1.165, 1.54) is 12.0 Å². The van der Waals surface area contributed by atoms with Crippen LogP contribution in [0.25, 0.3) is 0 Å². The molecule has 3 amide bonds. The van der Waals surface area contributed by atoms with Crippen LogP contribution in [0.2, 0.25) is 0 Å². The van der Waals surface area contributed by atoms with Gasteiger partial charge in [-0.2, -0.15) is 0 Å². The molecule has 0 fully saturated rings. The third-order valence-corrected chi connectivity index (χ3v) is 4.48. The second-order valence-electron chi connectivity index (χ2n) is 10.1. The number of anilines is 1. The van der Waals surface area contributed by atoms with Crippen LogP contribution in [0.5, 0.6) is 0 Å². The van der Waals surface area contributed by atoms with Gasteiger partial charge in [0, 0.05) is 18.8 Å². The molecule has 0 bridgehead atoms. The SMILES string of the molecule is COC(=O)[C@@H](C)Cc1ccc(N(CCNC(=O)OC(C)(C)C)C(=O)CNC(=O)OC(C)(C)C)cc1. The van der Waals surface area contributed by atoms with Crippen molar-refractivity contribution in [1.29, 1.82) is 0 Å². The fourth-order valence-electron chi connectivity index (χ4n) is 2.99. The van der Waals surface area contributed by atoms with Crippen LogP contribution in [-0.2, 0) is 30.2 Å². The Morgan fingerprint density at radius 2 is 1.40 bits per heavy atom. The summed E-state index contributed by atoms with van der Waals surface area (Å²) >= 11 is 0. The van der Waals surface area contributed by atoms with Gasteiger partial charge in [-0.25, -0.2) is 9.59 Å². The average molecular weight is 494 g/mol. The Hall–Kier alpha value is -3.30. The van der Waals surface area contributed by atoms with E-state index in [0.29, 0.717) is 12.1 Å². The molecule has 35 heavy (non-hydrogen) atoms. The Bertz CT molecular complexity index is 871. The van der Waals surface area contributed by atoms with Crippen LogP contribution in [0.15, 0.2) is 24.3 Å². The highest BCUT2D eigenvalue weighted by Crippen LogP contribution is 2.18. The van der Waals surface area contributed by atoms with Crippen LogP contribution in [0, 0.1) is 5.92 Å². The average Bonchev–Trinajstić information content (AvgIpc) is 2.72. The number of methoxy groups -OCH3 is 1. The lowest BCUT2D eigenvalue weighted by Crippen LogP contribution is -2.45. The number of carbonyl (C=O) groups is 4. The first kappa shape index (κ1) is 29.7. The van der Waals surface area contributed by atoms with Crippen molar-refractivity contribution in [2.75, 3.05) is 31.6 Å². The monoisotopic (exact) mass is 493 g/mol. The minimum Gasteiger partial charge on any atom is -0.469 e. The van der Waals surface area contributed by atoms with Crippen LogP contribution < -0.4 is 15.5 Å². The number of nitrogens with zero attached hydrogens (tertiary/aromatic N) is 1. The van der Waals surface area contributed by atoms with Gasteiger partial charge in [0.25, 0.3) is 0 Å². The molecule has 0 saturated carbocycles. The normalized spacial score (nSPS) is 12.2. The first-order chi connectivity index (χ1) is 16.1. The molecule has 0 aliphatic heterocycles. The van der Waals surface area contributed by atoms with Crippen LogP contribution >= 0.6 is 0 Å². The smallest absolute Gasteiger partial charge is 0.408 e. The molecule has 1 atom stereocenters. The third-order valence-electron chi connectivity index (χ3n) is 4.48. The summed E-state index contributed by atoms with van der Waals surface area (Å²) in [5.41, 5.74) is 0.134. The maximum Gasteiger partial charge on any atom is 0.408 e. The van der Waals surface area contributed by atoms with Gasteiger partial charge in [0.1, 0.15) is 17.7 Å². The zero-order valence-corrected chi connectivity index (χ0v) is 22.0. The number of hydrogen-bond donors (Lipinski definition) is 2. The van der Waals surface area contributed by atoms with Crippen LogP contribution in [-0.4, -0.2) is 62.0 Å². The van der Waals surface area contributed by atoms with Crippen molar-refractivity contribution in [1.82, 2.24) is 10.6 Å². The molecule has 0 aliphatic rings. The number of carbonyl (C=O) groups excluding carboxylic acids is 4. The van der Waals surface area contributed by atoms with Gasteiger partial charge in [-0.05, 0) is 65.7 Å². The van der Waals surface area contributed by atoms with E-state index in [4.69, 9.17) is 14.2 Å². The standard InChI is InChI=1S/C25H39N3O7/c1-17(21(30)33-8)15-18-9-11-19(12-10-18)28(14-13-26-22(31)34-24(2,3)4)20(29)16-27-23(32)35-25(5,6)7/h9-12,17H,13-16H2,1-8H3,(H,26,31)(H,27,32)/t17-/m0/s1. The van der Waals surface area contributed by atoms with Gasteiger partial charge in [-0.15, -0.1) is 0 Å². The lowest BCUT2D eigenvalue weighted by molar-refractivity contribution is -0.144. The van der Waals surface area contributed by atoms with Gasteiger partial charge in [0.2, 0.25) is 5.91 Å². The molecule has 0 saturated heterocycles. The number of ether oxygens (including phenoxy) is 3. The van der Waals surface area contributed by atoms with Crippen molar-refractivity contribution < 1.29 is 33.4 Å². The van der Waals surface area contributed by atoms with E-state index in [1.807, 2.05) is 12.1 Å². The molecule has 10 nitrogen and oxygen atoms in total. The first-order valence-corrected chi connectivity index (χ1v) is 11.5. The van der Waals surface area contributed by atoms with Gasteiger partial charge in [0.15, 0.2) is 0 Å². The van der Waals surface area contributed by atoms with Crippen molar-refractivity contribution >= 4 is 29.8 Å². The van der Waals surface area contributed by atoms with E-state index in [1.54, 1.807) is 60.6 Å². The number of nitrogens with one attached hydrogen (secondary N) is 2. The van der Waals surface area contributed by atoms with E-state index < -0.39 is 29.3 Å². The number of alkyl carbamates (subject to hydrolysis) is 2. The van der Waals surface area contributed by atoms with Gasteiger partial charge in [0.05, 0.1) is 13.0 Å². The summed E-state index contributed by atoms with van der Waals surface area (Å²) in [6.07, 6.45) is -0.810. The summed E-state index contributed by atoms with van der Waals surface area (Å²) < 4.78 is 15.2. The molecule has 10 heteroatoms. The van der Waals surface area contributed by atoms with E-state index >= 15 is 0 Å². The zero-order valence-electron chi connectivity index (χ0n) is 22.0. The number of hydrogen-bond acceptors (Lipinski definition) is 7. The van der Waals surface area contributed by atoms with Gasteiger partial charge >= 0.3 is 18.2 Å². The highest BCUT2D eigenvalue weighted by molar-refractivity contribution is 5.96. The van der Waals surface area contributed by atoms with E-state index in [2.05, 4.69) is 10.6 Å². The minimum atomic E-state index is -0.704. The molecule has 1 rings (SSSR count). The first-order valence-electron chi connectivity index (χ1n) is 11.5. The molecule has 2 N–H and O–H groups in total. The highest BCUT2D eigenvalue weighted by Gasteiger charge is 2.21. The predicted octanol–water partition coefficient (Wildman–Crippen LogP) is 3.42. The van der Waals surface area contributed by atoms with Crippen LogP contribution in [0.4, 0.5) is 15.3 Å². The van der Waals surface area contributed by atoms with Gasteiger partial charge in [-0.3, -0.25) is 9.59 Å². The lowest BCUT2D eigenvalue weighted by atomic mass is 10.0. The Morgan fingerprint density at radius 3 is 1.89 bits per heavy atom. The quantitative estimate of drug-likeness (QED) is 0.399. The van der Waals surface area contributed by atoms with E-state index in [-0.39, 0.29) is 31.5 Å². The Kier molecular flexibility index (Phi) is 11.0. The maximum atomic E-state index is 13.0. The van der Waals surface area contributed by atoms with Gasteiger partial charge in [-0.1, -0.05) is 19.1 Å². The second kappa shape index (κ2) is 13.0. The van der Waals surface area contributed by atoms with Crippen LogP contribution in [0.1, 0.15) is 54.0 Å². The Balaban J connectivity index is 2.91. The summed E-state index contributed by atoms with van der Waals surface area (Å²) in [4.78, 5) is 50.0. The molecule has 1 aromatic rings. The minimum absolute atomic E-state index is 0.133. The Labute approximate surface area is 207 Å². The summed E-state index contributed by atoms with van der Waals surface area (Å²) in [6.45, 7) is 12.2. The molecule has 0 heterocycles. The second-order valence-corrected chi connectivity index (χ2v) is 10.1. The largest absolute Gasteiger partial charge is 0.469 e. The fraction of sp³-hybridized carbons (Fsp3) is 0.600.